The molecular weight excluding hydrogens is 359 g/mol. The van der Waals surface area contributed by atoms with Gasteiger partial charge in [0.05, 0.1) is 11.1 Å². The second kappa shape index (κ2) is 6.86. The van der Waals surface area contributed by atoms with Crippen molar-refractivity contribution in [1.29, 1.82) is 0 Å². The Bertz CT molecular complexity index is 974. The number of ether oxygens (including phenoxy) is 1. The number of carbonyl (C=O) groups is 2. The Hall–Kier alpha value is -3.37. The number of benzene rings is 1. The molecule has 2 rings (SSSR count). The van der Waals surface area contributed by atoms with E-state index in [9.17, 15) is 32.3 Å². The van der Waals surface area contributed by atoms with Gasteiger partial charge in [-0.2, -0.15) is 13.2 Å². The number of nitrogen functional groups attached to an aromatic ring is 1. The van der Waals surface area contributed by atoms with E-state index in [0.717, 1.165) is 16.7 Å². The van der Waals surface area contributed by atoms with Gasteiger partial charge < -0.3 is 10.5 Å². The Morgan fingerprint density at radius 3 is 2.31 bits per heavy atom. The van der Waals surface area contributed by atoms with Crippen molar-refractivity contribution in [2.75, 3.05) is 12.3 Å². The number of carbonyl (C=O) groups excluding carboxylic acids is 2. The lowest BCUT2D eigenvalue weighted by molar-refractivity contribution is -0.137. The number of esters is 1. The van der Waals surface area contributed by atoms with Gasteiger partial charge in [0.1, 0.15) is 11.4 Å². The van der Waals surface area contributed by atoms with Crippen LogP contribution in [0.5, 0.6) is 0 Å². The van der Waals surface area contributed by atoms with Crippen LogP contribution in [0.2, 0.25) is 0 Å². The number of aromatic amines is 1. The second-order valence-electron chi connectivity index (χ2n) is 5.15. The lowest BCUT2D eigenvalue weighted by Crippen LogP contribution is -2.35. The summed E-state index contributed by atoms with van der Waals surface area (Å²) in [4.78, 5) is 48.7. The molecule has 0 fully saturated rings. The summed E-state index contributed by atoms with van der Waals surface area (Å²) >= 11 is 0. The fourth-order valence-electron chi connectivity index (χ4n) is 1.99. The highest BCUT2D eigenvalue weighted by molar-refractivity contribution is 6.02. The summed E-state index contributed by atoms with van der Waals surface area (Å²) in [6, 6.07) is 3.16. The standard InChI is InChI=1S/C15H12F3N3O5/c1-21-11(19)10(12(23)20-14(21)25)9(22)6-26-13(24)7-2-4-8(5-3-7)15(16,17)18/h2-5H,6,19H2,1H3,(H,20,23,25). The Balaban J connectivity index is 2.13. The van der Waals surface area contributed by atoms with Crippen molar-refractivity contribution in [3.63, 3.8) is 0 Å². The molecule has 3 N–H and O–H groups in total. The van der Waals surface area contributed by atoms with Crippen molar-refractivity contribution in [2.24, 2.45) is 7.05 Å². The summed E-state index contributed by atoms with van der Waals surface area (Å²) in [5.41, 5.74) is 1.94. The van der Waals surface area contributed by atoms with Gasteiger partial charge in [0.15, 0.2) is 6.61 Å². The van der Waals surface area contributed by atoms with E-state index in [0.29, 0.717) is 12.1 Å². The van der Waals surface area contributed by atoms with E-state index in [1.165, 1.54) is 7.05 Å². The van der Waals surface area contributed by atoms with Gasteiger partial charge in [0.2, 0.25) is 5.78 Å². The van der Waals surface area contributed by atoms with E-state index in [4.69, 9.17) is 5.73 Å². The SMILES string of the molecule is Cn1c(N)c(C(=O)COC(=O)c2ccc(C(F)(F)F)cc2)c(=O)[nH]c1=O. The molecule has 0 spiro atoms. The predicted octanol–water partition coefficient (Wildman–Crippen LogP) is 0.714. The summed E-state index contributed by atoms with van der Waals surface area (Å²) in [7, 11) is 1.22. The van der Waals surface area contributed by atoms with Gasteiger partial charge in [-0.15, -0.1) is 0 Å². The number of alkyl halides is 3. The van der Waals surface area contributed by atoms with Crippen LogP contribution in [-0.4, -0.2) is 27.9 Å². The molecule has 0 bridgehead atoms. The molecule has 2 aromatic rings. The molecule has 0 radical (unpaired) electrons. The Morgan fingerprint density at radius 1 is 1.19 bits per heavy atom. The molecular formula is C15H12F3N3O5. The lowest BCUT2D eigenvalue weighted by Gasteiger charge is -2.09. The van der Waals surface area contributed by atoms with Crippen LogP contribution in [0.4, 0.5) is 19.0 Å². The summed E-state index contributed by atoms with van der Waals surface area (Å²) in [5, 5.41) is 0. The van der Waals surface area contributed by atoms with Crippen molar-refractivity contribution in [1.82, 2.24) is 9.55 Å². The Kier molecular flexibility index (Phi) is 5.00. The number of nitrogens with two attached hydrogens (primary N) is 1. The number of anilines is 1. The first-order valence-electron chi connectivity index (χ1n) is 6.98. The van der Waals surface area contributed by atoms with Crippen LogP contribution >= 0.6 is 0 Å². The average Bonchev–Trinajstić information content (AvgIpc) is 2.57. The summed E-state index contributed by atoms with van der Waals surface area (Å²) in [6.45, 7) is -0.884. The minimum absolute atomic E-state index is 0.215. The van der Waals surface area contributed by atoms with E-state index < -0.39 is 52.7 Å². The number of hydrogen-bond acceptors (Lipinski definition) is 6. The Labute approximate surface area is 143 Å². The lowest BCUT2D eigenvalue weighted by atomic mass is 10.1. The van der Waals surface area contributed by atoms with Crippen molar-refractivity contribution in [2.45, 2.75) is 6.18 Å². The van der Waals surface area contributed by atoms with Gasteiger partial charge >= 0.3 is 17.8 Å². The topological polar surface area (TPSA) is 124 Å². The molecule has 11 heteroatoms. The average molecular weight is 371 g/mol. The number of nitrogens with zero attached hydrogens (tertiary/aromatic N) is 1. The van der Waals surface area contributed by atoms with Crippen LogP contribution in [0, 0.1) is 0 Å². The van der Waals surface area contributed by atoms with Crippen molar-refractivity contribution in [3.05, 3.63) is 61.8 Å². The summed E-state index contributed by atoms with van der Waals surface area (Å²) < 4.78 is 42.9. The molecule has 26 heavy (non-hydrogen) atoms. The largest absolute Gasteiger partial charge is 0.454 e. The number of ketones is 1. The zero-order valence-corrected chi connectivity index (χ0v) is 13.2. The molecule has 138 valence electrons. The monoisotopic (exact) mass is 371 g/mol. The third-order valence-electron chi connectivity index (χ3n) is 3.43. The van der Waals surface area contributed by atoms with E-state index in [1.807, 2.05) is 4.98 Å². The summed E-state index contributed by atoms with van der Waals surface area (Å²) in [5.74, 6) is -2.44. The molecule has 1 heterocycles. The maximum absolute atomic E-state index is 12.5. The van der Waals surface area contributed by atoms with Gasteiger partial charge in [-0.25, -0.2) is 9.59 Å². The highest BCUT2D eigenvalue weighted by Crippen LogP contribution is 2.29. The quantitative estimate of drug-likeness (QED) is 0.603. The van der Waals surface area contributed by atoms with Crippen LogP contribution in [0.15, 0.2) is 33.9 Å². The first-order chi connectivity index (χ1) is 12.0. The van der Waals surface area contributed by atoms with Crippen LogP contribution < -0.4 is 17.0 Å². The smallest absolute Gasteiger partial charge is 0.416 e. The maximum atomic E-state index is 12.5. The third kappa shape index (κ3) is 3.82. The number of H-pyrrole nitrogens is 1. The first kappa shape index (κ1) is 19.0. The van der Waals surface area contributed by atoms with Gasteiger partial charge in [0, 0.05) is 7.05 Å². The molecule has 0 saturated heterocycles. The van der Waals surface area contributed by atoms with E-state index in [2.05, 4.69) is 4.74 Å². The molecule has 1 aromatic heterocycles. The number of aromatic nitrogens is 2. The maximum Gasteiger partial charge on any atom is 0.416 e. The fraction of sp³-hybridized carbons (Fsp3) is 0.200. The van der Waals surface area contributed by atoms with Crippen molar-refractivity contribution in [3.8, 4) is 0 Å². The van der Waals surface area contributed by atoms with Crippen molar-refractivity contribution >= 4 is 17.6 Å². The molecule has 0 atom stereocenters. The molecule has 8 nitrogen and oxygen atoms in total. The second-order valence-corrected chi connectivity index (χ2v) is 5.15. The van der Waals surface area contributed by atoms with Gasteiger partial charge in [0.25, 0.3) is 5.56 Å². The van der Waals surface area contributed by atoms with Crippen molar-refractivity contribution < 1.29 is 27.5 Å². The van der Waals surface area contributed by atoms with E-state index in [-0.39, 0.29) is 5.56 Å². The first-order valence-corrected chi connectivity index (χ1v) is 6.98. The van der Waals surface area contributed by atoms with E-state index in [1.54, 1.807) is 0 Å². The molecule has 0 saturated carbocycles. The van der Waals surface area contributed by atoms with Gasteiger partial charge in [-0.05, 0) is 24.3 Å². The zero-order chi connectivity index (χ0) is 19.6. The highest BCUT2D eigenvalue weighted by atomic mass is 19.4. The van der Waals surface area contributed by atoms with Crippen LogP contribution in [0.1, 0.15) is 26.3 Å². The number of hydrogen-bond donors (Lipinski definition) is 2. The highest BCUT2D eigenvalue weighted by Gasteiger charge is 2.30. The van der Waals surface area contributed by atoms with Gasteiger partial charge in [-0.3, -0.25) is 19.1 Å². The Morgan fingerprint density at radius 2 is 1.77 bits per heavy atom. The third-order valence-corrected chi connectivity index (χ3v) is 3.43. The minimum atomic E-state index is -4.56. The van der Waals surface area contributed by atoms with Gasteiger partial charge in [-0.1, -0.05) is 0 Å². The predicted molar refractivity (Wildman–Crippen MR) is 82.8 cm³/mol. The number of halogens is 3. The molecule has 0 unspecified atom stereocenters. The molecule has 0 aliphatic heterocycles. The van der Waals surface area contributed by atoms with Crippen LogP contribution in [0.3, 0.4) is 0 Å². The zero-order valence-electron chi connectivity index (χ0n) is 13.2. The fourth-order valence-corrected chi connectivity index (χ4v) is 1.99. The molecule has 0 aliphatic rings. The van der Waals surface area contributed by atoms with Crippen LogP contribution in [0.25, 0.3) is 0 Å². The van der Waals surface area contributed by atoms with Crippen LogP contribution in [-0.2, 0) is 18.0 Å². The summed E-state index contributed by atoms with van der Waals surface area (Å²) in [6.07, 6.45) is -4.56. The molecule has 0 aliphatic carbocycles. The number of nitrogens with one attached hydrogen (secondary N) is 1. The number of Topliss-reactive ketones (excluding diaryl/α,β-unsaturated/α-hetero) is 1. The minimum Gasteiger partial charge on any atom is -0.454 e. The number of rotatable bonds is 4. The van der Waals surface area contributed by atoms with E-state index >= 15 is 0 Å². The normalized spacial score (nSPS) is 11.2. The molecule has 1 aromatic carbocycles. The molecule has 0 amide bonds.